The third-order valence-electron chi connectivity index (χ3n) is 3.02. The van der Waals surface area contributed by atoms with E-state index in [0.29, 0.717) is 0 Å². The molecule has 1 atom stereocenters. The maximum absolute atomic E-state index is 4.66. The van der Waals surface area contributed by atoms with Gasteiger partial charge in [0.2, 0.25) is 5.95 Å². The lowest BCUT2D eigenvalue weighted by atomic mass is 10.2. The second-order valence-electron chi connectivity index (χ2n) is 4.74. The summed E-state index contributed by atoms with van der Waals surface area (Å²) in [6.07, 6.45) is 2.30. The van der Waals surface area contributed by atoms with Crippen LogP contribution in [0.5, 0.6) is 0 Å². The van der Waals surface area contributed by atoms with Crippen LogP contribution in [0, 0.1) is 5.92 Å². The zero-order valence-corrected chi connectivity index (χ0v) is 13.4. The van der Waals surface area contributed by atoms with E-state index in [1.54, 1.807) is 11.3 Å². The maximum Gasteiger partial charge on any atom is 0.225 e. The molecule has 19 heavy (non-hydrogen) atoms. The number of thioether (sulfide) groups is 1. The number of aromatic nitrogens is 2. The summed E-state index contributed by atoms with van der Waals surface area (Å²) in [6, 6.07) is 2.13. The van der Waals surface area contributed by atoms with Crippen LogP contribution >= 0.6 is 23.1 Å². The van der Waals surface area contributed by atoms with E-state index < -0.39 is 0 Å². The fourth-order valence-electron chi connectivity index (χ4n) is 1.59. The van der Waals surface area contributed by atoms with Crippen LogP contribution < -0.4 is 5.32 Å². The molecule has 0 saturated carbocycles. The van der Waals surface area contributed by atoms with Crippen molar-refractivity contribution in [3.63, 3.8) is 0 Å². The molecule has 3 nitrogen and oxygen atoms in total. The van der Waals surface area contributed by atoms with E-state index in [1.165, 1.54) is 11.8 Å². The van der Waals surface area contributed by atoms with Crippen LogP contribution in [-0.2, 0) is 0 Å². The smallest absolute Gasteiger partial charge is 0.225 e. The van der Waals surface area contributed by atoms with Crippen LogP contribution in [0.1, 0.15) is 33.6 Å². The van der Waals surface area contributed by atoms with E-state index in [4.69, 9.17) is 0 Å². The normalized spacial score (nSPS) is 12.8. The van der Waals surface area contributed by atoms with Crippen molar-refractivity contribution in [1.82, 2.24) is 9.97 Å². The van der Waals surface area contributed by atoms with Crippen molar-refractivity contribution in [2.75, 3.05) is 17.6 Å². The second-order valence-corrected chi connectivity index (χ2v) is 6.65. The zero-order valence-electron chi connectivity index (χ0n) is 11.8. The van der Waals surface area contributed by atoms with Crippen LogP contribution in [0.15, 0.2) is 16.5 Å². The Morgan fingerprint density at radius 1 is 1.37 bits per heavy atom. The van der Waals surface area contributed by atoms with Gasteiger partial charge in [-0.2, -0.15) is 0 Å². The standard InChI is InChI=1S/C14H21N3S2/c1-4-7-15-14-16-12-11(6-8-18-12)13(17-14)19-9-10(3)5-2/h6,8,10H,4-5,7,9H2,1-3H3,(H,15,16,17). The van der Waals surface area contributed by atoms with Crippen molar-refractivity contribution in [1.29, 1.82) is 0 Å². The van der Waals surface area contributed by atoms with Crippen LogP contribution in [0.2, 0.25) is 0 Å². The lowest BCUT2D eigenvalue weighted by Gasteiger charge is -2.09. The van der Waals surface area contributed by atoms with Crippen molar-refractivity contribution >= 4 is 39.3 Å². The highest BCUT2D eigenvalue weighted by Crippen LogP contribution is 2.31. The van der Waals surface area contributed by atoms with E-state index >= 15 is 0 Å². The number of nitrogens with zero attached hydrogens (tertiary/aromatic N) is 2. The van der Waals surface area contributed by atoms with Gasteiger partial charge in [-0.25, -0.2) is 9.97 Å². The highest BCUT2D eigenvalue weighted by molar-refractivity contribution is 7.99. The average molecular weight is 295 g/mol. The zero-order chi connectivity index (χ0) is 13.7. The van der Waals surface area contributed by atoms with Gasteiger partial charge in [0.25, 0.3) is 0 Å². The first kappa shape index (κ1) is 14.6. The minimum atomic E-state index is 0.723. The minimum Gasteiger partial charge on any atom is -0.354 e. The lowest BCUT2D eigenvalue weighted by molar-refractivity contribution is 0.636. The summed E-state index contributed by atoms with van der Waals surface area (Å²) in [5.41, 5.74) is 0. The fraction of sp³-hybridized carbons (Fsp3) is 0.571. The first-order chi connectivity index (χ1) is 9.24. The Bertz CT molecular complexity index is 524. The van der Waals surface area contributed by atoms with Crippen LogP contribution in [0.3, 0.4) is 0 Å². The summed E-state index contributed by atoms with van der Waals surface area (Å²) in [6.45, 7) is 7.59. The van der Waals surface area contributed by atoms with Gasteiger partial charge in [-0.3, -0.25) is 0 Å². The van der Waals surface area contributed by atoms with Crippen LogP contribution in [0.4, 0.5) is 5.95 Å². The SMILES string of the molecule is CCCNc1nc(SCC(C)CC)c2ccsc2n1. The highest BCUT2D eigenvalue weighted by Gasteiger charge is 2.10. The molecule has 1 N–H and O–H groups in total. The maximum atomic E-state index is 4.66. The highest BCUT2D eigenvalue weighted by atomic mass is 32.2. The second kappa shape index (κ2) is 7.10. The Balaban J connectivity index is 2.21. The van der Waals surface area contributed by atoms with Gasteiger partial charge >= 0.3 is 0 Å². The third-order valence-corrected chi connectivity index (χ3v) is 5.15. The van der Waals surface area contributed by atoms with E-state index in [1.807, 2.05) is 11.8 Å². The first-order valence-electron chi connectivity index (χ1n) is 6.86. The summed E-state index contributed by atoms with van der Waals surface area (Å²) in [7, 11) is 0. The Hall–Kier alpha value is -0.810. The number of hydrogen-bond donors (Lipinski definition) is 1. The Morgan fingerprint density at radius 3 is 2.95 bits per heavy atom. The largest absolute Gasteiger partial charge is 0.354 e. The van der Waals surface area contributed by atoms with Gasteiger partial charge in [0.1, 0.15) is 9.86 Å². The summed E-state index contributed by atoms with van der Waals surface area (Å²) in [5.74, 6) is 2.61. The number of thiophene rings is 1. The molecule has 0 aliphatic heterocycles. The van der Waals surface area contributed by atoms with E-state index in [-0.39, 0.29) is 0 Å². The molecule has 0 amide bonds. The third kappa shape index (κ3) is 3.83. The molecule has 2 heterocycles. The van der Waals surface area contributed by atoms with Crippen molar-refractivity contribution in [3.05, 3.63) is 11.4 Å². The molecular formula is C14H21N3S2. The molecule has 1 unspecified atom stereocenters. The number of nitrogens with one attached hydrogen (secondary N) is 1. The first-order valence-corrected chi connectivity index (χ1v) is 8.73. The number of hydrogen-bond acceptors (Lipinski definition) is 5. The molecule has 2 rings (SSSR count). The Morgan fingerprint density at radius 2 is 2.21 bits per heavy atom. The molecule has 0 aliphatic rings. The van der Waals surface area contributed by atoms with Crippen molar-refractivity contribution in [2.45, 2.75) is 38.6 Å². The molecule has 0 saturated heterocycles. The predicted molar refractivity (Wildman–Crippen MR) is 86.4 cm³/mol. The summed E-state index contributed by atoms with van der Waals surface area (Å²) in [4.78, 5) is 10.3. The van der Waals surface area contributed by atoms with Gasteiger partial charge in [-0.1, -0.05) is 27.2 Å². The monoisotopic (exact) mass is 295 g/mol. The minimum absolute atomic E-state index is 0.723. The van der Waals surface area contributed by atoms with Crippen LogP contribution in [0.25, 0.3) is 10.2 Å². The van der Waals surface area contributed by atoms with Gasteiger partial charge in [0.15, 0.2) is 0 Å². The van der Waals surface area contributed by atoms with E-state index in [9.17, 15) is 0 Å². The summed E-state index contributed by atoms with van der Waals surface area (Å²) >= 11 is 3.54. The predicted octanol–water partition coefficient (Wildman–Crippen LogP) is 4.65. The molecule has 2 aromatic rings. The van der Waals surface area contributed by atoms with E-state index in [2.05, 4.69) is 47.5 Å². The summed E-state index contributed by atoms with van der Waals surface area (Å²) < 4.78 is 0. The molecule has 5 heteroatoms. The molecule has 0 radical (unpaired) electrons. The topological polar surface area (TPSA) is 37.8 Å². The van der Waals surface area contributed by atoms with Gasteiger partial charge in [0, 0.05) is 17.7 Å². The molecule has 0 bridgehead atoms. The molecule has 0 spiro atoms. The molecule has 0 fully saturated rings. The molecule has 0 aromatic carbocycles. The fourth-order valence-corrected chi connectivity index (χ4v) is 3.57. The summed E-state index contributed by atoms with van der Waals surface area (Å²) in [5, 5.41) is 7.69. The number of fused-ring (bicyclic) bond motifs is 1. The van der Waals surface area contributed by atoms with Crippen molar-refractivity contribution in [3.8, 4) is 0 Å². The quantitative estimate of drug-likeness (QED) is 0.596. The average Bonchev–Trinajstić information content (AvgIpc) is 2.90. The van der Waals surface area contributed by atoms with Gasteiger partial charge < -0.3 is 5.32 Å². The van der Waals surface area contributed by atoms with E-state index in [0.717, 1.165) is 40.4 Å². The van der Waals surface area contributed by atoms with Crippen LogP contribution in [-0.4, -0.2) is 22.3 Å². The number of anilines is 1. The molecule has 104 valence electrons. The molecular weight excluding hydrogens is 274 g/mol. The van der Waals surface area contributed by atoms with Gasteiger partial charge in [0.05, 0.1) is 0 Å². The molecule has 0 aliphatic carbocycles. The Labute approximate surface area is 123 Å². The van der Waals surface area contributed by atoms with Gasteiger partial charge in [-0.15, -0.1) is 23.1 Å². The van der Waals surface area contributed by atoms with Gasteiger partial charge in [-0.05, 0) is 23.8 Å². The van der Waals surface area contributed by atoms with Crippen molar-refractivity contribution in [2.24, 2.45) is 5.92 Å². The molecule has 2 aromatic heterocycles. The Kier molecular flexibility index (Phi) is 5.45. The van der Waals surface area contributed by atoms with Crippen molar-refractivity contribution < 1.29 is 0 Å². The lowest BCUT2D eigenvalue weighted by Crippen LogP contribution is -2.05. The number of rotatable bonds is 7.